The van der Waals surface area contributed by atoms with Crippen molar-refractivity contribution in [1.29, 1.82) is 0 Å². The van der Waals surface area contributed by atoms with Crippen LogP contribution in [0.1, 0.15) is 226 Å². The molecule has 0 spiro atoms. The zero-order valence-corrected chi connectivity index (χ0v) is 32.3. The molecule has 0 saturated carbocycles. The van der Waals surface area contributed by atoms with Crippen LogP contribution >= 0.6 is 0 Å². The van der Waals surface area contributed by atoms with Gasteiger partial charge in [-0.15, -0.1) is 0 Å². The van der Waals surface area contributed by atoms with E-state index in [0.717, 1.165) is 57.8 Å². The molecule has 0 aliphatic heterocycles. The first-order valence-electron chi connectivity index (χ1n) is 21.1. The molecule has 0 amide bonds. The van der Waals surface area contributed by atoms with E-state index < -0.39 is 17.9 Å². The van der Waals surface area contributed by atoms with E-state index in [4.69, 9.17) is 14.2 Å². The Morgan fingerprint density at radius 1 is 0.354 bits per heavy atom. The van der Waals surface area contributed by atoms with Crippen LogP contribution < -0.4 is 0 Å². The molecule has 284 valence electrons. The highest BCUT2D eigenvalue weighted by molar-refractivity contribution is 5.95. The molecule has 0 bridgehead atoms. The van der Waals surface area contributed by atoms with Gasteiger partial charge in [0, 0.05) is 6.42 Å². The van der Waals surface area contributed by atoms with E-state index in [1.54, 1.807) is 0 Å². The highest BCUT2D eigenvalue weighted by Gasteiger charge is 2.31. The second-order valence-electron chi connectivity index (χ2n) is 14.2. The fourth-order valence-electron chi connectivity index (χ4n) is 6.14. The topological polar surface area (TPSA) is 78.9 Å². The summed E-state index contributed by atoms with van der Waals surface area (Å²) in [6, 6.07) is 0. The van der Waals surface area contributed by atoms with Gasteiger partial charge < -0.3 is 14.2 Å². The first kappa shape index (κ1) is 46.4. The van der Waals surface area contributed by atoms with Gasteiger partial charge in [0.25, 0.3) is 0 Å². The molecule has 6 nitrogen and oxygen atoms in total. The molecule has 0 atom stereocenters. The summed E-state index contributed by atoms with van der Waals surface area (Å²) < 4.78 is 16.3. The highest BCUT2D eigenvalue weighted by Crippen LogP contribution is 2.15. The minimum atomic E-state index is -1.21. The molecule has 0 heterocycles. The standard InChI is InChI=1S/C42H80O6/c1-4-7-10-13-16-19-20-21-22-23-24-25-26-29-32-35-40(43)48-38-39(41(44)46-36-33-30-27-17-14-11-8-5-2)42(45)47-37-34-31-28-18-15-12-9-6-3/h39H,4-38H2,1-3H3. The predicted molar refractivity (Wildman–Crippen MR) is 201 cm³/mol. The second-order valence-corrected chi connectivity index (χ2v) is 14.2. The maximum absolute atomic E-state index is 12.9. The number of hydrogen-bond acceptors (Lipinski definition) is 6. The van der Waals surface area contributed by atoms with E-state index >= 15 is 0 Å². The van der Waals surface area contributed by atoms with Crippen molar-refractivity contribution < 1.29 is 28.6 Å². The molecule has 0 aliphatic carbocycles. The number of esters is 3. The molecule has 0 aromatic carbocycles. The number of ether oxygens (including phenoxy) is 3. The van der Waals surface area contributed by atoms with Crippen molar-refractivity contribution >= 4 is 17.9 Å². The number of rotatable bonds is 38. The van der Waals surface area contributed by atoms with Crippen LogP contribution in [0.4, 0.5) is 0 Å². The average Bonchev–Trinajstić information content (AvgIpc) is 3.08. The van der Waals surface area contributed by atoms with E-state index in [1.807, 2.05) is 0 Å². The lowest BCUT2D eigenvalue weighted by Crippen LogP contribution is -2.33. The lowest BCUT2D eigenvalue weighted by molar-refractivity contribution is -0.167. The zero-order valence-electron chi connectivity index (χ0n) is 32.3. The first-order valence-corrected chi connectivity index (χ1v) is 21.1. The Morgan fingerprint density at radius 3 is 0.938 bits per heavy atom. The van der Waals surface area contributed by atoms with Crippen molar-refractivity contribution in [1.82, 2.24) is 0 Å². The SMILES string of the molecule is CCCCCCCCCCCCCCCCCC(=O)OCC(C(=O)OCCCCCCCCCC)C(=O)OCCCCCCCCCC. The minimum absolute atomic E-state index is 0.280. The summed E-state index contributed by atoms with van der Waals surface area (Å²) in [5.74, 6) is -2.85. The van der Waals surface area contributed by atoms with Crippen LogP contribution in [-0.2, 0) is 28.6 Å². The molecule has 0 N–H and O–H groups in total. The quantitative estimate of drug-likeness (QED) is 0.0279. The van der Waals surface area contributed by atoms with Gasteiger partial charge in [0.15, 0.2) is 5.92 Å². The molecule has 0 radical (unpaired) electrons. The van der Waals surface area contributed by atoms with E-state index in [1.165, 1.54) is 141 Å². The number of carbonyl (C=O) groups is 3. The summed E-state index contributed by atoms with van der Waals surface area (Å²) in [7, 11) is 0. The predicted octanol–water partition coefficient (Wildman–Crippen LogP) is 12.8. The molecule has 0 saturated heterocycles. The van der Waals surface area contributed by atoms with Gasteiger partial charge in [0.05, 0.1) is 13.2 Å². The Morgan fingerprint density at radius 2 is 0.625 bits per heavy atom. The molecule has 0 unspecified atom stereocenters. The third-order valence-corrected chi connectivity index (χ3v) is 9.45. The summed E-state index contributed by atoms with van der Waals surface area (Å²) in [4.78, 5) is 38.2. The minimum Gasteiger partial charge on any atom is -0.465 e. The van der Waals surface area contributed by atoms with Gasteiger partial charge in [0.2, 0.25) is 0 Å². The largest absolute Gasteiger partial charge is 0.465 e. The van der Waals surface area contributed by atoms with Crippen molar-refractivity contribution in [3.05, 3.63) is 0 Å². The van der Waals surface area contributed by atoms with Crippen LogP contribution in [-0.4, -0.2) is 37.7 Å². The van der Waals surface area contributed by atoms with Gasteiger partial charge >= 0.3 is 17.9 Å². The van der Waals surface area contributed by atoms with Gasteiger partial charge in [-0.3, -0.25) is 14.4 Å². The van der Waals surface area contributed by atoms with Crippen molar-refractivity contribution in [2.75, 3.05) is 19.8 Å². The van der Waals surface area contributed by atoms with E-state index in [2.05, 4.69) is 20.8 Å². The zero-order chi connectivity index (χ0) is 35.2. The smallest absolute Gasteiger partial charge is 0.323 e. The van der Waals surface area contributed by atoms with E-state index in [-0.39, 0.29) is 25.8 Å². The average molecular weight is 681 g/mol. The molecule has 0 aromatic heterocycles. The Labute approximate surface area is 298 Å². The van der Waals surface area contributed by atoms with Gasteiger partial charge in [-0.05, 0) is 19.3 Å². The normalized spacial score (nSPS) is 11.2. The number of hydrogen-bond donors (Lipinski definition) is 0. The molecule has 0 aliphatic rings. The summed E-state index contributed by atoms with van der Waals surface area (Å²) in [6.45, 7) is 6.96. The highest BCUT2D eigenvalue weighted by atomic mass is 16.6. The monoisotopic (exact) mass is 681 g/mol. The van der Waals surface area contributed by atoms with Crippen LogP contribution in [0.25, 0.3) is 0 Å². The summed E-state index contributed by atoms with van der Waals surface area (Å²) in [5.41, 5.74) is 0. The molecular formula is C42H80O6. The third-order valence-electron chi connectivity index (χ3n) is 9.45. The fourth-order valence-corrected chi connectivity index (χ4v) is 6.14. The third kappa shape index (κ3) is 32.9. The van der Waals surface area contributed by atoms with Crippen LogP contribution in [0, 0.1) is 5.92 Å². The Balaban J connectivity index is 4.25. The molecule has 0 fully saturated rings. The van der Waals surface area contributed by atoms with Crippen molar-refractivity contribution in [2.24, 2.45) is 5.92 Å². The summed E-state index contributed by atoms with van der Waals surface area (Å²) >= 11 is 0. The fraction of sp³-hybridized carbons (Fsp3) is 0.929. The van der Waals surface area contributed by atoms with Crippen molar-refractivity contribution in [2.45, 2.75) is 226 Å². The Bertz CT molecular complexity index is 674. The van der Waals surface area contributed by atoms with Crippen LogP contribution in [0.2, 0.25) is 0 Å². The van der Waals surface area contributed by atoms with Gasteiger partial charge in [0.1, 0.15) is 6.61 Å². The molecule has 0 rings (SSSR count). The van der Waals surface area contributed by atoms with Gasteiger partial charge in [-0.1, -0.05) is 201 Å². The Kier molecular flexibility index (Phi) is 36.9. The van der Waals surface area contributed by atoms with Crippen LogP contribution in [0.3, 0.4) is 0 Å². The van der Waals surface area contributed by atoms with E-state index in [0.29, 0.717) is 6.42 Å². The lowest BCUT2D eigenvalue weighted by atomic mass is 10.0. The second kappa shape index (κ2) is 38.2. The summed E-state index contributed by atoms with van der Waals surface area (Å²) in [5, 5.41) is 0. The van der Waals surface area contributed by atoms with Crippen molar-refractivity contribution in [3.63, 3.8) is 0 Å². The molecule has 48 heavy (non-hydrogen) atoms. The van der Waals surface area contributed by atoms with E-state index in [9.17, 15) is 14.4 Å². The maximum Gasteiger partial charge on any atom is 0.323 e. The van der Waals surface area contributed by atoms with Crippen molar-refractivity contribution in [3.8, 4) is 0 Å². The van der Waals surface area contributed by atoms with Gasteiger partial charge in [-0.2, -0.15) is 0 Å². The maximum atomic E-state index is 12.9. The first-order chi connectivity index (χ1) is 23.6. The Hall–Kier alpha value is -1.59. The molecule has 0 aromatic rings. The lowest BCUT2D eigenvalue weighted by Gasteiger charge is -2.16. The van der Waals surface area contributed by atoms with Gasteiger partial charge in [-0.25, -0.2) is 0 Å². The van der Waals surface area contributed by atoms with Crippen LogP contribution in [0.15, 0.2) is 0 Å². The number of carbonyl (C=O) groups excluding carboxylic acids is 3. The number of unbranched alkanes of at least 4 members (excludes halogenated alkanes) is 28. The summed E-state index contributed by atoms with van der Waals surface area (Å²) in [6.07, 6.45) is 37.7. The molecule has 6 heteroatoms. The molecular weight excluding hydrogens is 600 g/mol. The van der Waals surface area contributed by atoms with Crippen LogP contribution in [0.5, 0.6) is 0 Å².